The number of carbonyl (C=O) groups is 2. The number of hydrogen-bond acceptors (Lipinski definition) is 2. The van der Waals surface area contributed by atoms with Gasteiger partial charge in [-0.3, -0.25) is 9.59 Å². The van der Waals surface area contributed by atoms with Crippen LogP contribution in [-0.4, -0.2) is 23.9 Å². The Labute approximate surface area is 96.2 Å². The largest absolute Gasteiger partial charge is 0.352 e. The first kappa shape index (κ1) is 11.4. The molecule has 1 atom stereocenters. The first-order valence-corrected chi connectivity index (χ1v) is 6.35. The van der Waals surface area contributed by atoms with E-state index in [1.54, 1.807) is 0 Å². The molecule has 1 saturated carbocycles. The Morgan fingerprint density at radius 3 is 2.38 bits per heavy atom. The van der Waals surface area contributed by atoms with Gasteiger partial charge in [-0.1, -0.05) is 25.7 Å². The highest BCUT2D eigenvalue weighted by Gasteiger charge is 2.28. The van der Waals surface area contributed by atoms with Crippen LogP contribution in [0.4, 0.5) is 0 Å². The molecule has 0 aromatic heterocycles. The topological polar surface area (TPSA) is 58.2 Å². The summed E-state index contributed by atoms with van der Waals surface area (Å²) in [6.45, 7) is 0. The maximum atomic E-state index is 11.8. The van der Waals surface area contributed by atoms with E-state index in [9.17, 15) is 9.59 Å². The highest BCUT2D eigenvalue weighted by Crippen LogP contribution is 2.17. The summed E-state index contributed by atoms with van der Waals surface area (Å²) in [6.07, 6.45) is 8.31. The van der Waals surface area contributed by atoms with E-state index in [-0.39, 0.29) is 17.9 Å². The molecule has 1 aliphatic heterocycles. The lowest BCUT2D eigenvalue weighted by Crippen LogP contribution is -2.45. The molecular weight excluding hydrogens is 204 g/mol. The Morgan fingerprint density at radius 2 is 1.81 bits per heavy atom. The van der Waals surface area contributed by atoms with Gasteiger partial charge in [0.05, 0.1) is 0 Å². The van der Waals surface area contributed by atoms with Crippen molar-refractivity contribution >= 4 is 11.8 Å². The average Bonchev–Trinajstić information content (AvgIpc) is 2.54. The molecule has 1 saturated heterocycles. The Bertz CT molecular complexity index is 270. The standard InChI is InChI=1S/C12H20N2O2/c15-11-8-7-10(14-11)12(16)13-9-5-3-1-2-4-6-9/h9-10H,1-8H2,(H,13,16)(H,14,15). The summed E-state index contributed by atoms with van der Waals surface area (Å²) in [4.78, 5) is 22.9. The normalized spacial score (nSPS) is 27.2. The van der Waals surface area contributed by atoms with Gasteiger partial charge in [0.1, 0.15) is 6.04 Å². The van der Waals surface area contributed by atoms with Gasteiger partial charge in [-0.2, -0.15) is 0 Å². The van der Waals surface area contributed by atoms with Crippen LogP contribution in [0, 0.1) is 0 Å². The van der Waals surface area contributed by atoms with Crippen molar-refractivity contribution in [2.75, 3.05) is 0 Å². The number of amides is 2. The zero-order chi connectivity index (χ0) is 11.4. The van der Waals surface area contributed by atoms with Gasteiger partial charge in [0.2, 0.25) is 11.8 Å². The van der Waals surface area contributed by atoms with Crippen LogP contribution in [0.2, 0.25) is 0 Å². The van der Waals surface area contributed by atoms with E-state index in [0.717, 1.165) is 12.8 Å². The Hall–Kier alpha value is -1.06. The molecule has 4 heteroatoms. The predicted octanol–water partition coefficient (Wildman–Crippen LogP) is 1.10. The minimum Gasteiger partial charge on any atom is -0.352 e. The lowest BCUT2D eigenvalue weighted by atomic mass is 10.1. The molecule has 0 aromatic carbocycles. The number of nitrogens with one attached hydrogen (secondary N) is 2. The summed E-state index contributed by atoms with van der Waals surface area (Å²) in [6, 6.07) is 0.0447. The highest BCUT2D eigenvalue weighted by molar-refractivity contribution is 5.90. The minimum absolute atomic E-state index is 0.000941. The molecule has 4 nitrogen and oxygen atoms in total. The number of hydrogen-bond donors (Lipinski definition) is 2. The summed E-state index contributed by atoms with van der Waals surface area (Å²) in [5.41, 5.74) is 0. The van der Waals surface area contributed by atoms with Gasteiger partial charge >= 0.3 is 0 Å². The van der Waals surface area contributed by atoms with Crippen molar-refractivity contribution < 1.29 is 9.59 Å². The Kier molecular flexibility index (Phi) is 3.80. The van der Waals surface area contributed by atoms with Crippen LogP contribution in [0.1, 0.15) is 51.4 Å². The molecule has 0 aromatic rings. The summed E-state index contributed by atoms with van der Waals surface area (Å²) < 4.78 is 0. The second-order valence-electron chi connectivity index (χ2n) is 4.86. The van der Waals surface area contributed by atoms with Crippen LogP contribution in [0.3, 0.4) is 0 Å². The quantitative estimate of drug-likeness (QED) is 0.690. The molecule has 90 valence electrons. The zero-order valence-corrected chi connectivity index (χ0v) is 9.63. The van der Waals surface area contributed by atoms with Crippen LogP contribution < -0.4 is 10.6 Å². The fourth-order valence-electron chi connectivity index (χ4n) is 2.54. The summed E-state index contributed by atoms with van der Waals surface area (Å²) in [5.74, 6) is 0.0127. The average molecular weight is 224 g/mol. The van der Waals surface area contributed by atoms with E-state index in [1.165, 1.54) is 25.7 Å². The third-order valence-electron chi connectivity index (χ3n) is 3.51. The van der Waals surface area contributed by atoms with E-state index in [4.69, 9.17) is 0 Å². The molecule has 2 fully saturated rings. The monoisotopic (exact) mass is 224 g/mol. The van der Waals surface area contributed by atoms with E-state index >= 15 is 0 Å². The van der Waals surface area contributed by atoms with E-state index < -0.39 is 0 Å². The van der Waals surface area contributed by atoms with Gasteiger partial charge in [0.15, 0.2) is 0 Å². The Morgan fingerprint density at radius 1 is 1.12 bits per heavy atom. The van der Waals surface area contributed by atoms with Crippen LogP contribution >= 0.6 is 0 Å². The number of rotatable bonds is 2. The molecule has 0 bridgehead atoms. The highest BCUT2D eigenvalue weighted by atomic mass is 16.2. The van der Waals surface area contributed by atoms with E-state index in [1.807, 2.05) is 0 Å². The second-order valence-corrected chi connectivity index (χ2v) is 4.86. The van der Waals surface area contributed by atoms with Gasteiger partial charge in [0.25, 0.3) is 0 Å². The van der Waals surface area contributed by atoms with Gasteiger partial charge in [-0.05, 0) is 19.3 Å². The van der Waals surface area contributed by atoms with Crippen LogP contribution in [-0.2, 0) is 9.59 Å². The molecule has 1 heterocycles. The van der Waals surface area contributed by atoms with E-state index in [2.05, 4.69) is 10.6 Å². The fraction of sp³-hybridized carbons (Fsp3) is 0.833. The van der Waals surface area contributed by atoms with Crippen molar-refractivity contribution in [3.8, 4) is 0 Å². The molecule has 2 aliphatic rings. The van der Waals surface area contributed by atoms with Crippen LogP contribution in [0.25, 0.3) is 0 Å². The first-order chi connectivity index (χ1) is 7.75. The maximum Gasteiger partial charge on any atom is 0.242 e. The first-order valence-electron chi connectivity index (χ1n) is 6.35. The van der Waals surface area contributed by atoms with Crippen molar-refractivity contribution in [1.82, 2.24) is 10.6 Å². The summed E-state index contributed by atoms with van der Waals surface area (Å²) in [7, 11) is 0. The van der Waals surface area contributed by atoms with Crippen LogP contribution in [0.15, 0.2) is 0 Å². The van der Waals surface area contributed by atoms with Gasteiger partial charge < -0.3 is 10.6 Å². The third-order valence-corrected chi connectivity index (χ3v) is 3.51. The van der Waals surface area contributed by atoms with Crippen molar-refractivity contribution in [1.29, 1.82) is 0 Å². The van der Waals surface area contributed by atoms with Gasteiger partial charge in [-0.15, -0.1) is 0 Å². The molecule has 2 amide bonds. The fourth-order valence-corrected chi connectivity index (χ4v) is 2.54. The minimum atomic E-state index is -0.282. The molecule has 16 heavy (non-hydrogen) atoms. The smallest absolute Gasteiger partial charge is 0.242 e. The SMILES string of the molecule is O=C1CCC(C(=O)NC2CCCCCC2)N1. The maximum absolute atomic E-state index is 11.8. The molecule has 1 unspecified atom stereocenters. The summed E-state index contributed by atoms with van der Waals surface area (Å²) >= 11 is 0. The van der Waals surface area contributed by atoms with Crippen molar-refractivity contribution in [2.45, 2.75) is 63.5 Å². The van der Waals surface area contributed by atoms with Crippen molar-refractivity contribution in [3.05, 3.63) is 0 Å². The van der Waals surface area contributed by atoms with Gasteiger partial charge in [0, 0.05) is 12.5 Å². The molecule has 2 N–H and O–H groups in total. The summed E-state index contributed by atoms with van der Waals surface area (Å²) in [5, 5.41) is 5.78. The lowest BCUT2D eigenvalue weighted by molar-refractivity contribution is -0.126. The van der Waals surface area contributed by atoms with Crippen LogP contribution in [0.5, 0.6) is 0 Å². The lowest BCUT2D eigenvalue weighted by Gasteiger charge is -2.18. The Balaban J connectivity index is 1.79. The zero-order valence-electron chi connectivity index (χ0n) is 9.63. The van der Waals surface area contributed by atoms with Gasteiger partial charge in [-0.25, -0.2) is 0 Å². The molecule has 0 radical (unpaired) electrons. The van der Waals surface area contributed by atoms with Crippen molar-refractivity contribution in [2.24, 2.45) is 0 Å². The third kappa shape index (κ3) is 2.97. The molecule has 2 rings (SSSR count). The molecule has 0 spiro atoms. The predicted molar refractivity (Wildman–Crippen MR) is 60.8 cm³/mol. The molecular formula is C12H20N2O2. The molecule has 1 aliphatic carbocycles. The number of carbonyl (C=O) groups excluding carboxylic acids is 2. The second kappa shape index (κ2) is 5.32. The van der Waals surface area contributed by atoms with Crippen molar-refractivity contribution in [3.63, 3.8) is 0 Å². The van der Waals surface area contributed by atoms with E-state index in [0.29, 0.717) is 18.9 Å².